The monoisotopic (exact) mass is 348 g/mol. The van der Waals surface area contributed by atoms with E-state index in [2.05, 4.69) is 22.1 Å². The molecule has 132 valence electrons. The van der Waals surface area contributed by atoms with Crippen molar-refractivity contribution < 1.29 is 9.53 Å². The molecule has 3 aliphatic rings. The predicted molar refractivity (Wildman–Crippen MR) is 96.9 cm³/mol. The van der Waals surface area contributed by atoms with Crippen molar-refractivity contribution in [2.45, 2.75) is 57.6 Å². The molecule has 2 saturated heterocycles. The predicted octanol–water partition coefficient (Wildman–Crippen LogP) is 2.95. The van der Waals surface area contributed by atoms with Gasteiger partial charge in [0.05, 0.1) is 18.3 Å². The quantitative estimate of drug-likeness (QED) is 0.824. The number of morpholine rings is 1. The molecule has 0 radical (unpaired) electrons. The van der Waals surface area contributed by atoms with Crippen LogP contribution in [0.2, 0.25) is 0 Å². The molecule has 0 spiro atoms. The van der Waals surface area contributed by atoms with Crippen LogP contribution in [-0.2, 0) is 17.6 Å². The molecule has 1 atom stereocenters. The zero-order chi connectivity index (χ0) is 16.5. The fourth-order valence-electron chi connectivity index (χ4n) is 4.45. The van der Waals surface area contributed by atoms with Crippen molar-refractivity contribution in [3.63, 3.8) is 0 Å². The van der Waals surface area contributed by atoms with E-state index >= 15 is 0 Å². The minimum Gasteiger partial charge on any atom is -0.376 e. The summed E-state index contributed by atoms with van der Waals surface area (Å²) in [4.78, 5) is 19.1. The molecule has 2 fully saturated rings. The van der Waals surface area contributed by atoms with Gasteiger partial charge in [-0.25, -0.2) is 0 Å². The summed E-state index contributed by atoms with van der Waals surface area (Å²) >= 11 is 1.80. The fraction of sp³-hybridized carbons (Fsp3) is 0.737. The molecule has 2 aliphatic heterocycles. The van der Waals surface area contributed by atoms with E-state index in [4.69, 9.17) is 4.74 Å². The van der Waals surface area contributed by atoms with E-state index in [1.165, 1.54) is 29.7 Å². The molecule has 4 nitrogen and oxygen atoms in total. The largest absolute Gasteiger partial charge is 0.376 e. The highest BCUT2D eigenvalue weighted by Gasteiger charge is 2.31. The van der Waals surface area contributed by atoms with Crippen LogP contribution in [0.25, 0.3) is 0 Å². The summed E-state index contributed by atoms with van der Waals surface area (Å²) in [6.45, 7) is 6.89. The van der Waals surface area contributed by atoms with Crippen LogP contribution >= 0.6 is 11.3 Å². The van der Waals surface area contributed by atoms with E-state index < -0.39 is 0 Å². The van der Waals surface area contributed by atoms with Gasteiger partial charge < -0.3 is 9.64 Å². The van der Waals surface area contributed by atoms with Gasteiger partial charge in [0.25, 0.3) is 5.91 Å². The molecule has 1 aliphatic carbocycles. The van der Waals surface area contributed by atoms with Gasteiger partial charge in [0.2, 0.25) is 0 Å². The third kappa shape index (κ3) is 3.26. The minimum atomic E-state index is 0.281. The topological polar surface area (TPSA) is 32.8 Å². The zero-order valence-electron chi connectivity index (χ0n) is 14.6. The van der Waals surface area contributed by atoms with Crippen molar-refractivity contribution in [1.29, 1.82) is 0 Å². The van der Waals surface area contributed by atoms with E-state index in [-0.39, 0.29) is 5.91 Å². The Morgan fingerprint density at radius 2 is 2.00 bits per heavy atom. The number of ether oxygens (including phenoxy) is 1. The Balaban J connectivity index is 1.37. The molecule has 3 heterocycles. The lowest BCUT2D eigenvalue weighted by Crippen LogP contribution is -2.51. The number of nitrogens with zero attached hydrogens (tertiary/aromatic N) is 2. The summed E-state index contributed by atoms with van der Waals surface area (Å²) < 4.78 is 5.65. The average molecular weight is 349 g/mol. The van der Waals surface area contributed by atoms with Crippen molar-refractivity contribution in [2.24, 2.45) is 0 Å². The minimum absolute atomic E-state index is 0.281. The first-order valence-electron chi connectivity index (χ1n) is 9.46. The maximum Gasteiger partial charge on any atom is 0.254 e. The normalized spacial score (nSPS) is 26.4. The van der Waals surface area contributed by atoms with E-state index in [1.807, 2.05) is 0 Å². The molecule has 1 amide bonds. The Hall–Kier alpha value is -0.910. The highest BCUT2D eigenvalue weighted by Crippen LogP contribution is 2.31. The molecule has 5 heteroatoms. The summed E-state index contributed by atoms with van der Waals surface area (Å²) in [5.74, 6) is 0.281. The summed E-state index contributed by atoms with van der Waals surface area (Å²) in [5.41, 5.74) is 2.37. The van der Waals surface area contributed by atoms with Crippen LogP contribution in [-0.4, -0.2) is 60.6 Å². The number of amides is 1. The van der Waals surface area contributed by atoms with Gasteiger partial charge in [-0.15, -0.1) is 11.3 Å². The molecule has 1 aromatic rings. The fourth-order valence-corrected chi connectivity index (χ4v) is 5.57. The third-order valence-corrected chi connectivity index (χ3v) is 6.92. The van der Waals surface area contributed by atoms with Crippen molar-refractivity contribution >= 4 is 17.2 Å². The highest BCUT2D eigenvalue weighted by atomic mass is 32.1. The first kappa shape index (κ1) is 16.6. The molecule has 1 aromatic heterocycles. The Labute approximate surface area is 148 Å². The van der Waals surface area contributed by atoms with Crippen molar-refractivity contribution in [2.75, 3.05) is 32.8 Å². The maximum absolute atomic E-state index is 13.0. The third-order valence-electron chi connectivity index (χ3n) is 5.83. The van der Waals surface area contributed by atoms with Crippen LogP contribution in [0, 0.1) is 0 Å². The SMILES string of the molecule is CC1CN(C2CCN(C(=O)c3csc4c3CCCC4)CC2)CCO1. The molecule has 1 unspecified atom stereocenters. The number of aryl methyl sites for hydroxylation is 1. The van der Waals surface area contributed by atoms with Gasteiger partial charge >= 0.3 is 0 Å². The number of likely N-dealkylation sites (tertiary alicyclic amines) is 1. The second-order valence-electron chi connectivity index (χ2n) is 7.46. The van der Waals surface area contributed by atoms with Crippen molar-refractivity contribution in [1.82, 2.24) is 9.80 Å². The molecule has 0 saturated carbocycles. The number of hydrogen-bond acceptors (Lipinski definition) is 4. The lowest BCUT2D eigenvalue weighted by atomic mass is 9.94. The lowest BCUT2D eigenvalue weighted by Gasteiger charge is -2.41. The van der Waals surface area contributed by atoms with Gasteiger partial charge in [-0.3, -0.25) is 9.69 Å². The summed E-state index contributed by atoms with van der Waals surface area (Å²) in [5, 5.41) is 2.12. The van der Waals surface area contributed by atoms with E-state index in [0.29, 0.717) is 12.1 Å². The summed E-state index contributed by atoms with van der Waals surface area (Å²) in [6, 6.07) is 0.622. The Bertz CT molecular complexity index is 592. The van der Waals surface area contributed by atoms with Gasteiger partial charge in [-0.1, -0.05) is 0 Å². The number of carbonyl (C=O) groups excluding carboxylic acids is 1. The van der Waals surface area contributed by atoms with Gasteiger partial charge in [-0.2, -0.15) is 0 Å². The second-order valence-corrected chi connectivity index (χ2v) is 8.42. The van der Waals surface area contributed by atoms with Gasteiger partial charge in [0, 0.05) is 42.5 Å². The second kappa shape index (κ2) is 7.14. The van der Waals surface area contributed by atoms with Crippen LogP contribution in [0.5, 0.6) is 0 Å². The average Bonchev–Trinajstić information content (AvgIpc) is 3.05. The van der Waals surface area contributed by atoms with Crippen molar-refractivity contribution in [3.05, 3.63) is 21.4 Å². The zero-order valence-corrected chi connectivity index (χ0v) is 15.4. The van der Waals surface area contributed by atoms with E-state index in [9.17, 15) is 4.79 Å². The summed E-state index contributed by atoms with van der Waals surface area (Å²) in [7, 11) is 0. The van der Waals surface area contributed by atoms with Crippen LogP contribution in [0.4, 0.5) is 0 Å². The highest BCUT2D eigenvalue weighted by molar-refractivity contribution is 7.10. The van der Waals surface area contributed by atoms with Crippen molar-refractivity contribution in [3.8, 4) is 0 Å². The number of thiophene rings is 1. The number of hydrogen-bond donors (Lipinski definition) is 0. The molecular formula is C19H28N2O2S. The lowest BCUT2D eigenvalue weighted by molar-refractivity contribution is -0.0423. The van der Waals surface area contributed by atoms with E-state index in [0.717, 1.165) is 57.6 Å². The number of piperidine rings is 1. The molecule has 24 heavy (non-hydrogen) atoms. The molecule has 0 bridgehead atoms. The number of rotatable bonds is 2. The van der Waals surface area contributed by atoms with Gasteiger partial charge in [0.1, 0.15) is 0 Å². The Kier molecular flexibility index (Phi) is 4.93. The Morgan fingerprint density at radius 3 is 2.79 bits per heavy atom. The first-order chi connectivity index (χ1) is 11.7. The molecule has 0 N–H and O–H groups in total. The maximum atomic E-state index is 13.0. The first-order valence-corrected chi connectivity index (χ1v) is 10.3. The number of carbonyl (C=O) groups is 1. The van der Waals surface area contributed by atoms with Crippen LogP contribution in [0.15, 0.2) is 5.38 Å². The van der Waals surface area contributed by atoms with Crippen LogP contribution in [0.1, 0.15) is 53.4 Å². The smallest absolute Gasteiger partial charge is 0.254 e. The molecule has 4 rings (SSSR count). The summed E-state index contributed by atoms with van der Waals surface area (Å²) in [6.07, 6.45) is 7.34. The number of fused-ring (bicyclic) bond motifs is 1. The Morgan fingerprint density at radius 1 is 1.21 bits per heavy atom. The van der Waals surface area contributed by atoms with Gasteiger partial charge in [-0.05, 0) is 51.0 Å². The molecule has 0 aromatic carbocycles. The van der Waals surface area contributed by atoms with Gasteiger partial charge in [0.15, 0.2) is 0 Å². The van der Waals surface area contributed by atoms with Crippen LogP contribution in [0.3, 0.4) is 0 Å². The molecular weight excluding hydrogens is 320 g/mol. The van der Waals surface area contributed by atoms with E-state index in [1.54, 1.807) is 11.3 Å². The van der Waals surface area contributed by atoms with Crippen LogP contribution < -0.4 is 0 Å². The standard InChI is InChI=1S/C19H28N2O2S/c1-14-12-21(10-11-23-14)15-6-8-20(9-7-15)19(22)17-13-24-18-5-3-2-4-16(17)18/h13-15H,2-12H2,1H3.